The highest BCUT2D eigenvalue weighted by molar-refractivity contribution is 5.55. The molecule has 0 aliphatic rings. The molecule has 0 bridgehead atoms. The number of methoxy groups -OCH3 is 1. The van der Waals surface area contributed by atoms with Gasteiger partial charge in [-0.05, 0) is 12.1 Å². The fraction of sp³-hybridized carbons (Fsp3) is 0.333. The number of hydrogen-bond donors (Lipinski definition) is 2. The summed E-state index contributed by atoms with van der Waals surface area (Å²) >= 11 is 0. The Hall–Kier alpha value is -1.42. The van der Waals surface area contributed by atoms with Crippen LogP contribution in [0.1, 0.15) is 0 Å². The zero-order chi connectivity index (χ0) is 9.68. The molecule has 0 amide bonds. The van der Waals surface area contributed by atoms with Crippen molar-refractivity contribution in [3.8, 4) is 11.5 Å². The first-order valence-electron chi connectivity index (χ1n) is 3.94. The highest BCUT2D eigenvalue weighted by Gasteiger charge is 1.98. The predicted molar refractivity (Wildman–Crippen MR) is 49.9 cm³/mol. The first kappa shape index (κ1) is 9.67. The Kier molecular flexibility index (Phi) is 3.40. The molecule has 0 heterocycles. The highest BCUT2D eigenvalue weighted by atomic mass is 16.5. The van der Waals surface area contributed by atoms with Gasteiger partial charge in [-0.25, -0.2) is 0 Å². The summed E-state index contributed by atoms with van der Waals surface area (Å²) in [7, 11) is 1.61. The second-order valence-electron chi connectivity index (χ2n) is 2.56. The van der Waals surface area contributed by atoms with Crippen LogP contribution in [0.2, 0.25) is 0 Å². The standard InChI is InChI=1S/C9H13NO3/c1-12-4-5-13-7-2-3-9(11)8(10)6-7/h2-3,6,11H,4-5,10H2,1H3. The molecule has 4 heteroatoms. The Morgan fingerprint density at radius 1 is 1.38 bits per heavy atom. The number of aromatic hydroxyl groups is 1. The Morgan fingerprint density at radius 2 is 2.15 bits per heavy atom. The van der Waals surface area contributed by atoms with Gasteiger partial charge in [0.2, 0.25) is 0 Å². The summed E-state index contributed by atoms with van der Waals surface area (Å²) in [4.78, 5) is 0. The fourth-order valence-electron chi connectivity index (χ4n) is 0.865. The first-order valence-corrected chi connectivity index (χ1v) is 3.94. The van der Waals surface area contributed by atoms with E-state index >= 15 is 0 Å². The summed E-state index contributed by atoms with van der Waals surface area (Å²) in [6.07, 6.45) is 0. The van der Waals surface area contributed by atoms with Gasteiger partial charge in [0.05, 0.1) is 12.3 Å². The number of nitrogen functional groups attached to an aromatic ring is 1. The van der Waals surface area contributed by atoms with Crippen molar-refractivity contribution >= 4 is 5.69 Å². The minimum absolute atomic E-state index is 0.0686. The maximum Gasteiger partial charge on any atom is 0.138 e. The number of hydrogen-bond acceptors (Lipinski definition) is 4. The van der Waals surface area contributed by atoms with E-state index in [2.05, 4.69) is 0 Å². The SMILES string of the molecule is COCCOc1ccc(O)c(N)c1. The van der Waals surface area contributed by atoms with E-state index in [9.17, 15) is 0 Å². The number of nitrogens with two attached hydrogens (primary N) is 1. The van der Waals surface area contributed by atoms with Crippen LogP contribution in [0.25, 0.3) is 0 Å². The number of phenolic OH excluding ortho intramolecular Hbond substituents is 1. The van der Waals surface area contributed by atoms with Crippen molar-refractivity contribution in [2.24, 2.45) is 0 Å². The van der Waals surface area contributed by atoms with Crippen LogP contribution in [-0.4, -0.2) is 25.4 Å². The molecule has 0 spiro atoms. The Balaban J connectivity index is 2.53. The van der Waals surface area contributed by atoms with E-state index in [-0.39, 0.29) is 5.75 Å². The van der Waals surface area contributed by atoms with Crippen molar-refractivity contribution in [1.29, 1.82) is 0 Å². The Labute approximate surface area is 76.9 Å². The second-order valence-corrected chi connectivity index (χ2v) is 2.56. The molecule has 0 fully saturated rings. The summed E-state index contributed by atoms with van der Waals surface area (Å²) in [5, 5.41) is 9.11. The van der Waals surface area contributed by atoms with Gasteiger partial charge in [0.1, 0.15) is 18.1 Å². The molecule has 0 saturated carbocycles. The van der Waals surface area contributed by atoms with Gasteiger partial charge in [-0.3, -0.25) is 0 Å². The van der Waals surface area contributed by atoms with Gasteiger partial charge >= 0.3 is 0 Å². The molecule has 4 nitrogen and oxygen atoms in total. The van der Waals surface area contributed by atoms with Crippen molar-refractivity contribution in [2.45, 2.75) is 0 Å². The molecule has 0 saturated heterocycles. The molecule has 1 aromatic carbocycles. The van der Waals surface area contributed by atoms with Crippen LogP contribution in [0.3, 0.4) is 0 Å². The maximum absolute atomic E-state index is 9.11. The predicted octanol–water partition coefficient (Wildman–Crippen LogP) is 1.000. The summed E-state index contributed by atoms with van der Waals surface area (Å²) in [5.41, 5.74) is 5.78. The Morgan fingerprint density at radius 3 is 2.77 bits per heavy atom. The number of ether oxygens (including phenoxy) is 2. The largest absolute Gasteiger partial charge is 0.506 e. The van der Waals surface area contributed by atoms with Gasteiger partial charge in [0, 0.05) is 13.2 Å². The first-order chi connectivity index (χ1) is 6.24. The minimum atomic E-state index is 0.0686. The third kappa shape index (κ3) is 2.83. The van der Waals surface area contributed by atoms with E-state index in [1.54, 1.807) is 19.2 Å². The van der Waals surface area contributed by atoms with Gasteiger partial charge in [-0.2, -0.15) is 0 Å². The summed E-state index contributed by atoms with van der Waals surface area (Å²) < 4.78 is 10.1. The van der Waals surface area contributed by atoms with Crippen LogP contribution in [0.4, 0.5) is 5.69 Å². The average molecular weight is 183 g/mol. The van der Waals surface area contributed by atoms with Gasteiger partial charge in [-0.15, -0.1) is 0 Å². The molecule has 13 heavy (non-hydrogen) atoms. The van der Waals surface area contributed by atoms with Crippen molar-refractivity contribution in [1.82, 2.24) is 0 Å². The molecule has 0 unspecified atom stereocenters. The van der Waals surface area contributed by atoms with Crippen LogP contribution >= 0.6 is 0 Å². The minimum Gasteiger partial charge on any atom is -0.506 e. The van der Waals surface area contributed by atoms with Gasteiger partial charge in [0.25, 0.3) is 0 Å². The molecule has 0 radical (unpaired) electrons. The van der Waals surface area contributed by atoms with E-state index in [1.165, 1.54) is 6.07 Å². The van der Waals surface area contributed by atoms with Gasteiger partial charge < -0.3 is 20.3 Å². The smallest absolute Gasteiger partial charge is 0.138 e. The number of benzene rings is 1. The maximum atomic E-state index is 9.11. The van der Waals surface area contributed by atoms with Crippen molar-refractivity contribution in [3.63, 3.8) is 0 Å². The monoisotopic (exact) mass is 183 g/mol. The molecule has 0 aromatic heterocycles. The lowest BCUT2D eigenvalue weighted by atomic mass is 10.3. The highest BCUT2D eigenvalue weighted by Crippen LogP contribution is 2.24. The fourth-order valence-corrected chi connectivity index (χ4v) is 0.865. The lowest BCUT2D eigenvalue weighted by molar-refractivity contribution is 0.146. The summed E-state index contributed by atoms with van der Waals surface area (Å²) in [6.45, 7) is 1.00. The molecule has 1 aromatic rings. The third-order valence-electron chi connectivity index (χ3n) is 1.56. The molecule has 1 rings (SSSR count). The summed E-state index contributed by atoms with van der Waals surface area (Å²) in [5.74, 6) is 0.700. The van der Waals surface area contributed by atoms with Crippen molar-refractivity contribution < 1.29 is 14.6 Å². The molecular weight excluding hydrogens is 170 g/mol. The topological polar surface area (TPSA) is 64.7 Å². The quantitative estimate of drug-likeness (QED) is 0.415. The van der Waals surface area contributed by atoms with Gasteiger partial charge in [-0.1, -0.05) is 0 Å². The number of anilines is 1. The number of phenols is 1. The average Bonchev–Trinajstić information content (AvgIpc) is 2.12. The van der Waals surface area contributed by atoms with Crippen LogP contribution in [0.5, 0.6) is 11.5 Å². The van der Waals surface area contributed by atoms with Crippen molar-refractivity contribution in [2.75, 3.05) is 26.1 Å². The van der Waals surface area contributed by atoms with E-state index in [1.807, 2.05) is 0 Å². The molecule has 72 valence electrons. The zero-order valence-electron chi connectivity index (χ0n) is 7.49. The lowest BCUT2D eigenvalue weighted by Crippen LogP contribution is -2.04. The van der Waals surface area contributed by atoms with E-state index in [4.69, 9.17) is 20.3 Å². The van der Waals surface area contributed by atoms with Crippen molar-refractivity contribution in [3.05, 3.63) is 18.2 Å². The number of rotatable bonds is 4. The lowest BCUT2D eigenvalue weighted by Gasteiger charge is -2.06. The van der Waals surface area contributed by atoms with Gasteiger partial charge in [0.15, 0.2) is 0 Å². The molecule has 0 atom stereocenters. The molecular formula is C9H13NO3. The van der Waals surface area contributed by atoms with Crippen LogP contribution < -0.4 is 10.5 Å². The third-order valence-corrected chi connectivity index (χ3v) is 1.56. The molecule has 0 aliphatic heterocycles. The van der Waals surface area contributed by atoms with Crippen LogP contribution in [0, 0.1) is 0 Å². The normalized spacial score (nSPS) is 9.92. The molecule has 3 N–H and O–H groups in total. The van der Waals surface area contributed by atoms with E-state index < -0.39 is 0 Å². The van der Waals surface area contributed by atoms with Crippen LogP contribution in [-0.2, 0) is 4.74 Å². The van der Waals surface area contributed by atoms with E-state index in [0.717, 1.165) is 0 Å². The van der Waals surface area contributed by atoms with Crippen LogP contribution in [0.15, 0.2) is 18.2 Å². The van der Waals surface area contributed by atoms with E-state index in [0.29, 0.717) is 24.7 Å². The molecule has 0 aliphatic carbocycles. The Bertz CT molecular complexity index is 276. The summed E-state index contributed by atoms with van der Waals surface area (Å²) in [6, 6.07) is 4.73. The zero-order valence-corrected chi connectivity index (χ0v) is 7.49. The second kappa shape index (κ2) is 4.57.